The van der Waals surface area contributed by atoms with E-state index in [0.29, 0.717) is 36.0 Å². The number of aliphatic hydroxyl groups is 1. The van der Waals surface area contributed by atoms with Gasteiger partial charge in [0.15, 0.2) is 16.8 Å². The number of benzene rings is 2. The molecule has 2 saturated heterocycles. The number of thiazole rings is 2. The first kappa shape index (κ1) is 73.0. The van der Waals surface area contributed by atoms with Crippen LogP contribution in [0.4, 0.5) is 22.6 Å². The highest BCUT2D eigenvalue weighted by atomic mass is 32.1. The molecule has 546 valence electrons. The van der Waals surface area contributed by atoms with Crippen LogP contribution in [0.15, 0.2) is 72.4 Å². The minimum absolute atomic E-state index is 0.00671. The number of carbonyl (C=O) groups is 4. The van der Waals surface area contributed by atoms with Crippen molar-refractivity contribution in [1.82, 2.24) is 60.3 Å². The highest BCUT2D eigenvalue weighted by Crippen LogP contribution is 2.72. The third kappa shape index (κ3) is 16.1. The van der Waals surface area contributed by atoms with E-state index in [9.17, 15) is 19.5 Å². The number of amides is 4. The van der Waals surface area contributed by atoms with Gasteiger partial charge in [0.1, 0.15) is 23.6 Å². The quantitative estimate of drug-likeness (QED) is 0.0318. The Kier molecular flexibility index (Phi) is 21.7. The van der Waals surface area contributed by atoms with E-state index in [-0.39, 0.29) is 105 Å². The number of hydrogen-bond donors (Lipinski definition) is 4. The monoisotopic (exact) mass is 1430 g/mol. The summed E-state index contributed by atoms with van der Waals surface area (Å²) in [5, 5.41) is 35.7. The average Bonchev–Trinajstić information content (AvgIpc) is 0.828. The van der Waals surface area contributed by atoms with E-state index in [1.54, 1.807) is 34.6 Å². The standard InChI is InChI=1S/C77H102N14O9S2/c1-49-56-16-15-28-89(68(56)86-85-67(49)84-72-81-59-17-11-12-18-61(59)102-72)62-24-23-57(58-39-79-91(52(58)4)47-76-42-74(8)41-75(9,43-76)45-77(44-74,46-76)100-33-30-88-26-13-14-27-88)64(82-62)70(95)87(10)29-32-98-35-37-99-36-34-97-31-25-63(93)83-66(73(5,6)7)71(96)90-40-55(92)38-60(90)69(94)80-50(2)53-19-21-54(22-20-53)65-51(3)78-48-101-65/h11-12,17-24,39,48,50,55,60,66,92H,13-16,25-38,40-47H2,1-10H3,(H,80,94)(H,83,93)(H,81,84,85)/t50-,55+,60-,66+,74?,75?,76?,77?/m0/s1. The molecule has 0 spiro atoms. The van der Waals surface area contributed by atoms with Gasteiger partial charge in [-0.25, -0.2) is 15.0 Å². The van der Waals surface area contributed by atoms with Crippen molar-refractivity contribution < 1.29 is 43.2 Å². The first-order chi connectivity index (χ1) is 48.9. The van der Waals surface area contributed by atoms with Gasteiger partial charge in [-0.3, -0.25) is 23.9 Å². The van der Waals surface area contributed by atoms with E-state index in [2.05, 4.69) is 69.2 Å². The summed E-state index contributed by atoms with van der Waals surface area (Å²) in [5.41, 5.74) is 10.2. The van der Waals surface area contributed by atoms with Crippen molar-refractivity contribution >= 4 is 79.1 Å². The van der Waals surface area contributed by atoms with Gasteiger partial charge in [0.2, 0.25) is 17.7 Å². The number of likely N-dealkylation sites (tertiary alicyclic amines) is 2. The number of para-hydroxylation sites is 1. The smallest absolute Gasteiger partial charge is 0.273 e. The van der Waals surface area contributed by atoms with Crippen LogP contribution in [0.1, 0.15) is 157 Å². The molecule has 7 aromatic rings. The lowest BCUT2D eigenvalue weighted by molar-refractivity contribution is -0.248. The maximum absolute atomic E-state index is 15.1. The van der Waals surface area contributed by atoms with Crippen LogP contribution in [0.2, 0.25) is 0 Å². The second-order valence-electron chi connectivity index (χ2n) is 31.7. The number of carbonyl (C=O) groups excluding carboxylic acids is 4. The van der Waals surface area contributed by atoms with Gasteiger partial charge in [0.05, 0.1) is 96.5 Å². The fourth-order valence-corrected chi connectivity index (χ4v) is 19.8. The van der Waals surface area contributed by atoms with Crippen LogP contribution in [0.25, 0.3) is 31.8 Å². The molecule has 4 N–H and O–H groups in total. The number of β-amino-alcohol motifs (C(OH)–C–C–N with tert-alkyl or cyclic N) is 1. The average molecular weight is 1430 g/mol. The third-order valence-corrected chi connectivity index (χ3v) is 23.9. The minimum atomic E-state index is -0.968. The van der Waals surface area contributed by atoms with Crippen LogP contribution in [-0.4, -0.2) is 195 Å². The minimum Gasteiger partial charge on any atom is -0.391 e. The largest absolute Gasteiger partial charge is 0.391 e. The van der Waals surface area contributed by atoms with Gasteiger partial charge in [-0.05, 0) is 162 Å². The molecule has 2 unspecified atom stereocenters. The first-order valence-electron chi connectivity index (χ1n) is 36.6. The molecule has 102 heavy (non-hydrogen) atoms. The van der Waals surface area contributed by atoms with E-state index in [1.165, 1.54) is 37.3 Å². The Hall–Kier alpha value is -7.36. The third-order valence-electron chi connectivity index (χ3n) is 22.0. The van der Waals surface area contributed by atoms with E-state index < -0.39 is 29.5 Å². The molecule has 4 saturated carbocycles. The van der Waals surface area contributed by atoms with Crippen molar-refractivity contribution in [2.45, 2.75) is 176 Å². The zero-order valence-corrected chi connectivity index (χ0v) is 62.7. The number of anilines is 4. The Bertz CT molecular complexity index is 4110. The molecule has 2 aromatic carbocycles. The number of aliphatic hydroxyl groups excluding tert-OH is 1. The number of aryl methyl sites for hydroxylation is 1. The SMILES string of the molecule is Cc1ncsc1-c1ccc([C@H](C)NC(=O)[C@@H]2C[C@@H](O)CN2C(=O)[C@@H](NC(=O)CCOCCOCCOCCN(C)C(=O)c2nc(N3CCCc4c3nnc(Nc3nc5ccccc5s3)c4C)ccc2-c2cnn(CC34CC5(C)CC(C)(C3)CC(OCCN3CCCC3)(C5)C4)c2C)C(C)(C)C)cc1. The molecule has 8 heterocycles. The molecule has 6 atom stereocenters. The van der Waals surface area contributed by atoms with Crippen molar-refractivity contribution in [2.24, 2.45) is 21.7 Å². The zero-order chi connectivity index (χ0) is 71.7. The number of nitrogens with zero attached hydrogens (tertiary/aromatic N) is 11. The maximum atomic E-state index is 15.1. The lowest BCUT2D eigenvalue weighted by atomic mass is 9.39. The molecule has 7 aliphatic rings. The number of rotatable bonds is 29. The maximum Gasteiger partial charge on any atom is 0.273 e. The van der Waals surface area contributed by atoms with E-state index >= 15 is 4.79 Å². The summed E-state index contributed by atoms with van der Waals surface area (Å²) in [6, 6.07) is 17.8. The molecule has 4 aliphatic carbocycles. The van der Waals surface area contributed by atoms with Crippen LogP contribution in [0, 0.1) is 42.4 Å². The van der Waals surface area contributed by atoms with Gasteiger partial charge in [0.25, 0.3) is 5.91 Å². The van der Waals surface area contributed by atoms with E-state index in [0.717, 1.165) is 130 Å². The highest BCUT2D eigenvalue weighted by molar-refractivity contribution is 7.22. The normalized spacial score (nSPS) is 23.8. The predicted molar refractivity (Wildman–Crippen MR) is 396 cm³/mol. The van der Waals surface area contributed by atoms with Gasteiger partial charge in [-0.15, -0.1) is 21.5 Å². The number of aromatic nitrogens is 7. The van der Waals surface area contributed by atoms with E-state index in [4.69, 9.17) is 44.2 Å². The molecule has 4 amide bonds. The van der Waals surface area contributed by atoms with Gasteiger partial charge >= 0.3 is 0 Å². The van der Waals surface area contributed by atoms with Gasteiger partial charge < -0.3 is 59.6 Å². The lowest BCUT2D eigenvalue weighted by Crippen LogP contribution is -2.64. The molecule has 14 rings (SSSR count). The van der Waals surface area contributed by atoms with Gasteiger partial charge in [-0.1, -0.05) is 82.4 Å². The van der Waals surface area contributed by atoms with Crippen molar-refractivity contribution in [1.29, 1.82) is 0 Å². The molecule has 3 aliphatic heterocycles. The van der Waals surface area contributed by atoms with Crippen LogP contribution < -0.4 is 20.9 Å². The van der Waals surface area contributed by atoms with Crippen molar-refractivity contribution in [2.75, 3.05) is 103 Å². The van der Waals surface area contributed by atoms with E-state index in [1.807, 2.05) is 101 Å². The summed E-state index contributed by atoms with van der Waals surface area (Å²) < 4.78 is 28.1. The van der Waals surface area contributed by atoms with Gasteiger partial charge in [0, 0.05) is 80.6 Å². The Morgan fingerprint density at radius 2 is 1.53 bits per heavy atom. The number of pyridine rings is 1. The number of fused-ring (bicyclic) bond motifs is 2. The van der Waals surface area contributed by atoms with Crippen LogP contribution in [0.3, 0.4) is 0 Å². The fourth-order valence-electron chi connectivity index (χ4n) is 18.1. The van der Waals surface area contributed by atoms with Crippen molar-refractivity contribution in [3.63, 3.8) is 0 Å². The summed E-state index contributed by atoms with van der Waals surface area (Å²) in [7, 11) is 1.78. The molecular formula is C77H102N14O9S2. The molecule has 5 aromatic heterocycles. The van der Waals surface area contributed by atoms with Gasteiger partial charge in [-0.2, -0.15) is 5.10 Å². The molecule has 0 radical (unpaired) electrons. The Morgan fingerprint density at radius 1 is 0.804 bits per heavy atom. The number of ether oxygens (including phenoxy) is 4. The Balaban J connectivity index is 0.609. The molecule has 6 fully saturated rings. The van der Waals surface area contributed by atoms with Crippen molar-refractivity contribution in [3.05, 3.63) is 106 Å². The zero-order valence-electron chi connectivity index (χ0n) is 61.1. The predicted octanol–water partition coefficient (Wildman–Crippen LogP) is 11.3. The Labute approximate surface area is 607 Å². The summed E-state index contributed by atoms with van der Waals surface area (Å²) >= 11 is 3.15. The molecule has 23 nitrogen and oxygen atoms in total. The summed E-state index contributed by atoms with van der Waals surface area (Å²) in [6.45, 7) is 25.9. The fraction of sp³-hybridized carbons (Fsp3) is 0.584. The highest BCUT2D eigenvalue weighted by Gasteiger charge is 2.66. The summed E-state index contributed by atoms with van der Waals surface area (Å²) in [6.07, 6.45) is 12.1. The second kappa shape index (κ2) is 30.4. The molecule has 4 bridgehead atoms. The summed E-state index contributed by atoms with van der Waals surface area (Å²) in [5.74, 6) is 0.553. The topological polar surface area (TPSA) is 257 Å². The second-order valence-corrected chi connectivity index (χ2v) is 33.6. The number of hydrogen-bond acceptors (Lipinski definition) is 20. The number of nitrogens with one attached hydrogen (secondary N) is 3. The first-order valence-corrected chi connectivity index (χ1v) is 38.3. The van der Waals surface area contributed by atoms with Crippen molar-refractivity contribution in [3.8, 4) is 21.6 Å². The Morgan fingerprint density at radius 3 is 2.25 bits per heavy atom. The van der Waals surface area contributed by atoms with Crippen LogP contribution >= 0.6 is 22.7 Å². The lowest BCUT2D eigenvalue weighted by Gasteiger charge is -2.69. The molecular weight excluding hydrogens is 1330 g/mol. The number of likely N-dealkylation sites (N-methyl/N-ethyl adjacent to an activating group) is 1. The van der Waals surface area contributed by atoms with Crippen LogP contribution in [0.5, 0.6) is 0 Å². The summed E-state index contributed by atoms with van der Waals surface area (Å²) in [4.78, 5) is 79.9. The van der Waals surface area contributed by atoms with Crippen LogP contribution in [-0.2, 0) is 46.3 Å². The molecule has 25 heteroatoms.